The lowest BCUT2D eigenvalue weighted by atomic mass is 10.1. The second-order valence-electron chi connectivity index (χ2n) is 5.06. The Morgan fingerprint density at radius 1 is 0.950 bits per heavy atom. The highest BCUT2D eigenvalue weighted by Gasteiger charge is 2.04. The largest absolute Gasteiger partial charge is 0.491 e. The fourth-order valence-corrected chi connectivity index (χ4v) is 2.21. The lowest BCUT2D eigenvalue weighted by molar-refractivity contribution is 0.208. The molecule has 0 heterocycles. The summed E-state index contributed by atoms with van der Waals surface area (Å²) in [5.41, 5.74) is 2.46. The molecular formula is C18H23NO. The number of benzene rings is 2. The molecule has 1 N–H and O–H groups in total. The summed E-state index contributed by atoms with van der Waals surface area (Å²) in [6.07, 6.45) is 2.46. The molecule has 2 aromatic rings. The number of hydrogen-bond acceptors (Lipinski definition) is 2. The molecule has 0 spiro atoms. The van der Waals surface area contributed by atoms with Gasteiger partial charge in [0.25, 0.3) is 0 Å². The van der Waals surface area contributed by atoms with Gasteiger partial charge in [-0.2, -0.15) is 0 Å². The molecule has 106 valence electrons. The van der Waals surface area contributed by atoms with Gasteiger partial charge in [0, 0.05) is 0 Å². The van der Waals surface area contributed by atoms with Gasteiger partial charge in [0.2, 0.25) is 0 Å². The summed E-state index contributed by atoms with van der Waals surface area (Å²) in [6.45, 7) is 3.17. The van der Waals surface area contributed by atoms with Crippen LogP contribution in [0.1, 0.15) is 19.8 Å². The monoisotopic (exact) mass is 269 g/mol. The highest BCUT2D eigenvalue weighted by Crippen LogP contribution is 2.23. The average Bonchev–Trinajstić information content (AvgIpc) is 2.49. The van der Waals surface area contributed by atoms with Crippen molar-refractivity contribution in [3.63, 3.8) is 0 Å². The van der Waals surface area contributed by atoms with E-state index in [0.29, 0.717) is 0 Å². The van der Waals surface area contributed by atoms with Crippen LogP contribution in [0.3, 0.4) is 0 Å². The van der Waals surface area contributed by atoms with Crippen molar-refractivity contribution in [1.82, 2.24) is 5.32 Å². The molecule has 2 aromatic carbocycles. The van der Waals surface area contributed by atoms with Gasteiger partial charge in [-0.3, -0.25) is 0 Å². The maximum atomic E-state index is 5.92. The maximum Gasteiger partial charge on any atom is 0.119 e. The van der Waals surface area contributed by atoms with Crippen LogP contribution in [-0.4, -0.2) is 19.7 Å². The first-order valence-corrected chi connectivity index (χ1v) is 7.26. The Kier molecular flexibility index (Phi) is 5.63. The Bertz CT molecular complexity index is 493. The summed E-state index contributed by atoms with van der Waals surface area (Å²) >= 11 is 0. The van der Waals surface area contributed by atoms with Crippen molar-refractivity contribution < 1.29 is 4.74 Å². The summed E-state index contributed by atoms with van der Waals surface area (Å²) in [5, 5.41) is 3.16. The third kappa shape index (κ3) is 4.39. The van der Waals surface area contributed by atoms with Crippen molar-refractivity contribution in [2.45, 2.75) is 25.9 Å². The minimum absolute atomic E-state index is 0.255. The third-order valence-electron chi connectivity index (χ3n) is 3.34. The standard InChI is InChI=1S/C18H23NO/c1-15(7-6-14-19-2)20-18-12-10-17(11-13-18)16-8-4-3-5-9-16/h3-5,8-13,15,19H,6-7,14H2,1-2H3. The molecule has 0 amide bonds. The molecule has 0 aliphatic heterocycles. The van der Waals surface area contributed by atoms with Crippen molar-refractivity contribution in [3.05, 3.63) is 54.6 Å². The van der Waals surface area contributed by atoms with Crippen LogP contribution in [0.5, 0.6) is 5.75 Å². The number of nitrogens with one attached hydrogen (secondary N) is 1. The summed E-state index contributed by atoms with van der Waals surface area (Å²) < 4.78 is 5.92. The lowest BCUT2D eigenvalue weighted by Gasteiger charge is -2.15. The lowest BCUT2D eigenvalue weighted by Crippen LogP contribution is -2.15. The van der Waals surface area contributed by atoms with E-state index in [2.05, 4.69) is 60.8 Å². The Hall–Kier alpha value is -1.80. The topological polar surface area (TPSA) is 21.3 Å². The SMILES string of the molecule is CNCCCC(C)Oc1ccc(-c2ccccc2)cc1. The van der Waals surface area contributed by atoms with Crippen LogP contribution in [-0.2, 0) is 0 Å². The van der Waals surface area contributed by atoms with E-state index in [1.54, 1.807) is 0 Å². The van der Waals surface area contributed by atoms with Gasteiger partial charge in [-0.1, -0.05) is 42.5 Å². The van der Waals surface area contributed by atoms with Crippen LogP contribution < -0.4 is 10.1 Å². The normalized spacial score (nSPS) is 12.1. The van der Waals surface area contributed by atoms with Crippen molar-refractivity contribution in [3.8, 4) is 16.9 Å². The molecule has 20 heavy (non-hydrogen) atoms. The van der Waals surface area contributed by atoms with E-state index in [0.717, 1.165) is 25.1 Å². The number of ether oxygens (including phenoxy) is 1. The van der Waals surface area contributed by atoms with Crippen LogP contribution >= 0.6 is 0 Å². The van der Waals surface area contributed by atoms with E-state index < -0.39 is 0 Å². The zero-order valence-electron chi connectivity index (χ0n) is 12.3. The zero-order chi connectivity index (χ0) is 14.2. The molecule has 0 fully saturated rings. The van der Waals surface area contributed by atoms with Crippen LogP contribution in [0.25, 0.3) is 11.1 Å². The van der Waals surface area contributed by atoms with Crippen molar-refractivity contribution in [2.24, 2.45) is 0 Å². The number of rotatable bonds is 7. The van der Waals surface area contributed by atoms with Crippen LogP contribution in [0.15, 0.2) is 54.6 Å². The Balaban J connectivity index is 1.92. The predicted octanol–water partition coefficient (Wildman–Crippen LogP) is 4.12. The highest BCUT2D eigenvalue weighted by atomic mass is 16.5. The fraction of sp³-hybridized carbons (Fsp3) is 0.333. The number of hydrogen-bond donors (Lipinski definition) is 1. The molecule has 0 bridgehead atoms. The van der Waals surface area contributed by atoms with E-state index in [1.807, 2.05) is 13.1 Å². The molecule has 0 aliphatic carbocycles. The van der Waals surface area contributed by atoms with Crippen molar-refractivity contribution in [2.75, 3.05) is 13.6 Å². The molecule has 2 rings (SSSR count). The molecule has 0 saturated heterocycles. The van der Waals surface area contributed by atoms with Crippen molar-refractivity contribution in [1.29, 1.82) is 0 Å². The summed E-state index contributed by atoms with van der Waals surface area (Å²) in [7, 11) is 1.98. The summed E-state index contributed by atoms with van der Waals surface area (Å²) in [6, 6.07) is 18.7. The van der Waals surface area contributed by atoms with Gasteiger partial charge in [0.1, 0.15) is 5.75 Å². The Labute approximate surface area is 121 Å². The van der Waals surface area contributed by atoms with E-state index in [9.17, 15) is 0 Å². The zero-order valence-corrected chi connectivity index (χ0v) is 12.3. The second kappa shape index (κ2) is 7.71. The predicted molar refractivity (Wildman–Crippen MR) is 85.1 cm³/mol. The van der Waals surface area contributed by atoms with E-state index in [-0.39, 0.29) is 6.10 Å². The van der Waals surface area contributed by atoms with Gasteiger partial charge in [-0.25, -0.2) is 0 Å². The van der Waals surface area contributed by atoms with Gasteiger partial charge in [0.15, 0.2) is 0 Å². The minimum Gasteiger partial charge on any atom is -0.491 e. The molecular weight excluding hydrogens is 246 g/mol. The van der Waals surface area contributed by atoms with E-state index in [4.69, 9.17) is 4.74 Å². The molecule has 2 heteroatoms. The van der Waals surface area contributed by atoms with Crippen LogP contribution in [0.2, 0.25) is 0 Å². The quantitative estimate of drug-likeness (QED) is 0.763. The van der Waals surface area contributed by atoms with E-state index >= 15 is 0 Å². The highest BCUT2D eigenvalue weighted by molar-refractivity contribution is 5.63. The second-order valence-corrected chi connectivity index (χ2v) is 5.06. The smallest absolute Gasteiger partial charge is 0.119 e. The molecule has 1 atom stereocenters. The van der Waals surface area contributed by atoms with Gasteiger partial charge in [-0.05, 0) is 56.6 Å². The molecule has 0 aliphatic rings. The molecule has 1 unspecified atom stereocenters. The first-order valence-electron chi connectivity index (χ1n) is 7.26. The van der Waals surface area contributed by atoms with Gasteiger partial charge in [0.05, 0.1) is 6.10 Å². The summed E-state index contributed by atoms with van der Waals surface area (Å²) in [5.74, 6) is 0.946. The van der Waals surface area contributed by atoms with Gasteiger partial charge in [-0.15, -0.1) is 0 Å². The molecule has 0 radical (unpaired) electrons. The first kappa shape index (κ1) is 14.6. The first-order chi connectivity index (χ1) is 9.79. The Morgan fingerprint density at radius 3 is 2.25 bits per heavy atom. The van der Waals surface area contributed by atoms with Gasteiger partial charge < -0.3 is 10.1 Å². The van der Waals surface area contributed by atoms with Gasteiger partial charge >= 0.3 is 0 Å². The average molecular weight is 269 g/mol. The summed E-state index contributed by atoms with van der Waals surface area (Å²) in [4.78, 5) is 0. The molecule has 0 aromatic heterocycles. The Morgan fingerprint density at radius 2 is 1.60 bits per heavy atom. The maximum absolute atomic E-state index is 5.92. The van der Waals surface area contributed by atoms with E-state index in [1.165, 1.54) is 11.1 Å². The third-order valence-corrected chi connectivity index (χ3v) is 3.34. The molecule has 0 saturated carbocycles. The fourth-order valence-electron chi connectivity index (χ4n) is 2.21. The van der Waals surface area contributed by atoms with Crippen LogP contribution in [0, 0.1) is 0 Å². The van der Waals surface area contributed by atoms with Crippen LogP contribution in [0.4, 0.5) is 0 Å². The molecule has 2 nitrogen and oxygen atoms in total. The minimum atomic E-state index is 0.255. The van der Waals surface area contributed by atoms with Crippen molar-refractivity contribution >= 4 is 0 Å².